The summed E-state index contributed by atoms with van der Waals surface area (Å²) >= 11 is 0. The topological polar surface area (TPSA) is 38.3 Å². The average molecular weight is 169 g/mol. The summed E-state index contributed by atoms with van der Waals surface area (Å²) in [6.07, 6.45) is 2.12. The van der Waals surface area contributed by atoms with E-state index in [1.54, 1.807) is 6.08 Å². The molecule has 1 heterocycles. The molecule has 0 aromatic heterocycles. The summed E-state index contributed by atoms with van der Waals surface area (Å²) in [7, 11) is 0. The predicted molar refractivity (Wildman–Crippen MR) is 46.8 cm³/mol. The van der Waals surface area contributed by atoms with Crippen LogP contribution in [0.2, 0.25) is 0 Å². The van der Waals surface area contributed by atoms with Crippen LogP contribution in [0.4, 0.5) is 4.79 Å². The summed E-state index contributed by atoms with van der Waals surface area (Å²) in [4.78, 5) is 10.8. The SMILES string of the molecule is C=C[C@@H]1OC(=O)NC1CC(C)C. The van der Waals surface area contributed by atoms with Gasteiger partial charge < -0.3 is 10.1 Å². The Kier molecular flexibility index (Phi) is 2.74. The number of hydrogen-bond acceptors (Lipinski definition) is 2. The van der Waals surface area contributed by atoms with Crippen LogP contribution in [0.1, 0.15) is 20.3 Å². The number of ether oxygens (including phenoxy) is 1. The van der Waals surface area contributed by atoms with Crippen molar-refractivity contribution in [1.82, 2.24) is 5.32 Å². The molecular formula is C9H15NO2. The van der Waals surface area contributed by atoms with E-state index in [0.717, 1.165) is 6.42 Å². The third-order valence-corrected chi connectivity index (χ3v) is 1.90. The summed E-state index contributed by atoms with van der Waals surface area (Å²) in [5.74, 6) is 0.555. The van der Waals surface area contributed by atoms with Crippen molar-refractivity contribution >= 4 is 6.09 Å². The minimum Gasteiger partial charge on any atom is -0.440 e. The Bertz CT molecular complexity index is 189. The zero-order valence-electron chi connectivity index (χ0n) is 7.54. The fourth-order valence-electron chi connectivity index (χ4n) is 1.39. The normalized spacial score (nSPS) is 28.4. The fourth-order valence-corrected chi connectivity index (χ4v) is 1.39. The molecule has 1 rings (SSSR count). The van der Waals surface area contributed by atoms with Crippen molar-refractivity contribution in [3.05, 3.63) is 12.7 Å². The molecular weight excluding hydrogens is 154 g/mol. The Morgan fingerprint density at radius 2 is 2.42 bits per heavy atom. The van der Waals surface area contributed by atoms with Gasteiger partial charge >= 0.3 is 6.09 Å². The van der Waals surface area contributed by atoms with Crippen LogP contribution in [0.15, 0.2) is 12.7 Å². The quantitative estimate of drug-likeness (QED) is 0.653. The molecule has 0 aromatic carbocycles. The fraction of sp³-hybridized carbons (Fsp3) is 0.667. The van der Waals surface area contributed by atoms with Crippen LogP contribution in [-0.4, -0.2) is 18.2 Å². The minimum atomic E-state index is -0.328. The molecule has 1 amide bonds. The molecule has 12 heavy (non-hydrogen) atoms. The maximum absolute atomic E-state index is 10.8. The molecule has 0 saturated carbocycles. The van der Waals surface area contributed by atoms with Gasteiger partial charge in [0.2, 0.25) is 0 Å². The van der Waals surface area contributed by atoms with Crippen molar-refractivity contribution in [2.45, 2.75) is 32.4 Å². The van der Waals surface area contributed by atoms with Gasteiger partial charge in [0.1, 0.15) is 6.10 Å². The molecule has 2 atom stereocenters. The van der Waals surface area contributed by atoms with E-state index in [4.69, 9.17) is 4.74 Å². The van der Waals surface area contributed by atoms with E-state index in [0.29, 0.717) is 5.92 Å². The predicted octanol–water partition coefficient (Wildman–Crippen LogP) is 1.70. The first-order valence-electron chi connectivity index (χ1n) is 4.23. The Morgan fingerprint density at radius 1 is 1.75 bits per heavy atom. The highest BCUT2D eigenvalue weighted by molar-refractivity contribution is 5.70. The molecule has 1 aliphatic heterocycles. The maximum Gasteiger partial charge on any atom is 0.408 e. The highest BCUT2D eigenvalue weighted by atomic mass is 16.6. The molecule has 0 radical (unpaired) electrons. The molecule has 3 heteroatoms. The van der Waals surface area contributed by atoms with Crippen LogP contribution in [0.25, 0.3) is 0 Å². The Hall–Kier alpha value is -0.990. The second-order valence-electron chi connectivity index (χ2n) is 3.49. The molecule has 3 nitrogen and oxygen atoms in total. The lowest BCUT2D eigenvalue weighted by Crippen LogP contribution is -2.31. The number of carbonyl (C=O) groups is 1. The van der Waals surface area contributed by atoms with Crippen molar-refractivity contribution in [1.29, 1.82) is 0 Å². The van der Waals surface area contributed by atoms with Gasteiger partial charge in [0, 0.05) is 0 Å². The number of alkyl carbamates (subject to hydrolysis) is 1. The van der Waals surface area contributed by atoms with Crippen LogP contribution in [0.5, 0.6) is 0 Å². The van der Waals surface area contributed by atoms with Gasteiger partial charge in [-0.1, -0.05) is 20.4 Å². The van der Waals surface area contributed by atoms with Gasteiger partial charge in [-0.2, -0.15) is 0 Å². The molecule has 1 unspecified atom stereocenters. The lowest BCUT2D eigenvalue weighted by atomic mass is 10.0. The summed E-state index contributed by atoms with van der Waals surface area (Å²) in [6.45, 7) is 7.85. The summed E-state index contributed by atoms with van der Waals surface area (Å²) in [5.41, 5.74) is 0. The number of nitrogens with one attached hydrogen (secondary N) is 1. The zero-order chi connectivity index (χ0) is 9.14. The van der Waals surface area contributed by atoms with Crippen LogP contribution in [0, 0.1) is 5.92 Å². The first-order chi connectivity index (χ1) is 5.63. The number of carbonyl (C=O) groups excluding carboxylic acids is 1. The number of amides is 1. The Balaban J connectivity index is 2.51. The molecule has 0 aromatic rings. The summed E-state index contributed by atoms with van der Waals surface area (Å²) in [5, 5.41) is 2.75. The van der Waals surface area contributed by atoms with Gasteiger partial charge in [0.15, 0.2) is 0 Å². The highest BCUT2D eigenvalue weighted by Gasteiger charge is 2.31. The molecule has 0 bridgehead atoms. The molecule has 1 N–H and O–H groups in total. The standard InChI is InChI=1S/C9H15NO2/c1-4-8-7(5-6(2)3)10-9(11)12-8/h4,6-8H,1,5H2,2-3H3,(H,10,11)/t7?,8-/m0/s1. The van der Waals surface area contributed by atoms with Crippen molar-refractivity contribution in [2.75, 3.05) is 0 Å². The van der Waals surface area contributed by atoms with Gasteiger partial charge in [0.05, 0.1) is 6.04 Å². The first-order valence-corrected chi connectivity index (χ1v) is 4.23. The second kappa shape index (κ2) is 3.61. The molecule has 1 fully saturated rings. The third kappa shape index (κ3) is 2.00. The zero-order valence-corrected chi connectivity index (χ0v) is 7.54. The molecule has 0 aliphatic carbocycles. The van der Waals surface area contributed by atoms with Gasteiger partial charge in [-0.3, -0.25) is 0 Å². The molecule has 0 spiro atoms. The van der Waals surface area contributed by atoms with Crippen molar-refractivity contribution in [2.24, 2.45) is 5.92 Å². The highest BCUT2D eigenvalue weighted by Crippen LogP contribution is 2.16. The first kappa shape index (κ1) is 9.10. The van der Waals surface area contributed by atoms with Crippen LogP contribution < -0.4 is 5.32 Å². The van der Waals surface area contributed by atoms with E-state index in [2.05, 4.69) is 25.7 Å². The van der Waals surface area contributed by atoms with E-state index in [9.17, 15) is 4.79 Å². The Morgan fingerprint density at radius 3 is 2.92 bits per heavy atom. The largest absolute Gasteiger partial charge is 0.440 e. The van der Waals surface area contributed by atoms with Crippen LogP contribution in [0.3, 0.4) is 0 Å². The van der Waals surface area contributed by atoms with Crippen molar-refractivity contribution < 1.29 is 9.53 Å². The summed E-state index contributed by atoms with van der Waals surface area (Å²) in [6, 6.07) is 0.106. The number of hydrogen-bond donors (Lipinski definition) is 1. The van der Waals surface area contributed by atoms with E-state index in [-0.39, 0.29) is 18.2 Å². The van der Waals surface area contributed by atoms with E-state index >= 15 is 0 Å². The van der Waals surface area contributed by atoms with Gasteiger partial charge in [-0.25, -0.2) is 4.79 Å². The number of cyclic esters (lactones) is 1. The van der Waals surface area contributed by atoms with E-state index < -0.39 is 0 Å². The van der Waals surface area contributed by atoms with Crippen LogP contribution >= 0.6 is 0 Å². The monoisotopic (exact) mass is 169 g/mol. The molecule has 68 valence electrons. The lowest BCUT2D eigenvalue weighted by molar-refractivity contribution is 0.151. The van der Waals surface area contributed by atoms with Crippen LogP contribution in [-0.2, 0) is 4.74 Å². The van der Waals surface area contributed by atoms with Crippen molar-refractivity contribution in [3.63, 3.8) is 0 Å². The molecule has 1 aliphatic rings. The van der Waals surface area contributed by atoms with Gasteiger partial charge in [-0.05, 0) is 18.4 Å². The smallest absolute Gasteiger partial charge is 0.408 e. The number of rotatable bonds is 3. The summed E-state index contributed by atoms with van der Waals surface area (Å²) < 4.78 is 4.96. The van der Waals surface area contributed by atoms with Gasteiger partial charge in [0.25, 0.3) is 0 Å². The Labute approximate surface area is 72.8 Å². The lowest BCUT2D eigenvalue weighted by Gasteiger charge is -2.14. The second-order valence-corrected chi connectivity index (χ2v) is 3.49. The third-order valence-electron chi connectivity index (χ3n) is 1.90. The molecule has 1 saturated heterocycles. The van der Waals surface area contributed by atoms with Gasteiger partial charge in [-0.15, -0.1) is 0 Å². The van der Waals surface area contributed by atoms with Crippen molar-refractivity contribution in [3.8, 4) is 0 Å². The average Bonchev–Trinajstić information content (AvgIpc) is 2.29. The maximum atomic E-state index is 10.8. The minimum absolute atomic E-state index is 0.106. The van der Waals surface area contributed by atoms with E-state index in [1.165, 1.54) is 0 Å². The van der Waals surface area contributed by atoms with E-state index in [1.807, 2.05) is 0 Å².